The van der Waals surface area contributed by atoms with E-state index < -0.39 is 102 Å². The molecule has 2 saturated heterocycles. The molecular weight excluding hydrogens is 983 g/mol. The number of carboxylic acid groups (broad SMARTS) is 1. The van der Waals surface area contributed by atoms with E-state index in [1.165, 1.54) is 17.4 Å². The summed E-state index contributed by atoms with van der Waals surface area (Å²) in [5.41, 5.74) is 1.05. The van der Waals surface area contributed by atoms with E-state index in [1.807, 2.05) is 19.9 Å². The second-order valence-corrected chi connectivity index (χ2v) is 19.4. The van der Waals surface area contributed by atoms with Crippen LogP contribution >= 0.6 is 50.5 Å². The molecular formula is C46H71N9O11S4. The SMILES string of the molecule is CC(C)CC1CC(=O)C(CCC(=O)O)NC(=O)C2CCCN2C(=O)CNC(=O)CCC(=O)C(CS)NC(=O)C(Cc2cnc[nH]2)NC(=O)C(CC2=CCC=N2)CC1=O.O=C(CCS)N(CCS)CCS.[HH]. The Hall–Kier alpha value is -4.68. The first-order valence-corrected chi connectivity index (χ1v) is 26.1. The van der Waals surface area contributed by atoms with Crippen molar-refractivity contribution < 1.29 is 54.5 Å². The molecule has 390 valence electrons. The summed E-state index contributed by atoms with van der Waals surface area (Å²) in [7, 11) is 0. The molecule has 70 heavy (non-hydrogen) atoms. The van der Waals surface area contributed by atoms with Gasteiger partial charge < -0.3 is 41.2 Å². The predicted molar refractivity (Wildman–Crippen MR) is 277 cm³/mol. The number of aliphatic carboxylic acids is 1. The highest BCUT2D eigenvalue weighted by molar-refractivity contribution is 7.80. The Morgan fingerprint density at radius 2 is 1.51 bits per heavy atom. The fourth-order valence-corrected chi connectivity index (χ4v) is 9.15. The molecule has 3 aliphatic heterocycles. The molecule has 6 N–H and O–H groups in total. The van der Waals surface area contributed by atoms with Crippen molar-refractivity contribution in [2.24, 2.45) is 22.7 Å². The van der Waals surface area contributed by atoms with Gasteiger partial charge in [0.1, 0.15) is 17.9 Å². The van der Waals surface area contributed by atoms with Crippen molar-refractivity contribution in [1.29, 1.82) is 0 Å². The number of carbonyl (C=O) groups is 10. The number of Topliss-reactive ketones (excluding diaryl/α,β-unsaturated/α-hetero) is 3. The first-order chi connectivity index (χ1) is 33.4. The molecule has 1 aromatic heterocycles. The molecule has 4 heterocycles. The Morgan fingerprint density at radius 1 is 0.829 bits per heavy atom. The van der Waals surface area contributed by atoms with E-state index in [9.17, 15) is 53.1 Å². The number of nitrogens with one attached hydrogen (secondary N) is 5. The third kappa shape index (κ3) is 20.6. The van der Waals surface area contributed by atoms with E-state index in [0.29, 0.717) is 61.0 Å². The van der Waals surface area contributed by atoms with Gasteiger partial charge in [-0.2, -0.15) is 50.5 Å². The Labute approximate surface area is 432 Å². The fraction of sp³-hybridized carbons (Fsp3) is 0.652. The lowest BCUT2D eigenvalue weighted by atomic mass is 9.82. The summed E-state index contributed by atoms with van der Waals surface area (Å²) >= 11 is 16.4. The smallest absolute Gasteiger partial charge is 0.303 e. The maximum Gasteiger partial charge on any atom is 0.303 e. The van der Waals surface area contributed by atoms with E-state index in [0.717, 1.165) is 0 Å². The third-order valence-electron chi connectivity index (χ3n) is 11.8. The van der Waals surface area contributed by atoms with Gasteiger partial charge in [-0.1, -0.05) is 19.9 Å². The number of thiol groups is 4. The number of ketones is 3. The molecule has 3 aliphatic rings. The number of aromatic amines is 1. The van der Waals surface area contributed by atoms with Gasteiger partial charge in [0.15, 0.2) is 11.6 Å². The maximum atomic E-state index is 14.2. The van der Waals surface area contributed by atoms with Crippen molar-refractivity contribution in [2.75, 3.05) is 49.2 Å². The molecule has 6 amide bonds. The van der Waals surface area contributed by atoms with Gasteiger partial charge in [0.05, 0.1) is 30.9 Å². The van der Waals surface area contributed by atoms with Crippen LogP contribution in [0.5, 0.6) is 0 Å². The topological polar surface area (TPSA) is 287 Å². The summed E-state index contributed by atoms with van der Waals surface area (Å²) in [6.07, 6.45) is 6.32. The normalized spacial score (nSPS) is 23.6. The summed E-state index contributed by atoms with van der Waals surface area (Å²) in [5, 5.41) is 20.0. The maximum absolute atomic E-state index is 14.2. The highest BCUT2D eigenvalue weighted by Crippen LogP contribution is 2.27. The first kappa shape index (κ1) is 59.6. The number of aromatic nitrogens is 2. The van der Waals surface area contributed by atoms with Gasteiger partial charge in [0.25, 0.3) is 0 Å². The van der Waals surface area contributed by atoms with Crippen LogP contribution in [-0.2, 0) is 54.4 Å². The second-order valence-electron chi connectivity index (χ2n) is 17.7. The monoisotopic (exact) mass is 1050 g/mol. The van der Waals surface area contributed by atoms with E-state index in [4.69, 9.17) is 0 Å². The minimum Gasteiger partial charge on any atom is -0.481 e. The minimum atomic E-state index is -1.29. The number of carbonyl (C=O) groups excluding carboxylic acids is 9. The lowest BCUT2D eigenvalue weighted by Gasteiger charge is -2.28. The van der Waals surface area contributed by atoms with Crippen molar-refractivity contribution in [1.82, 2.24) is 41.0 Å². The van der Waals surface area contributed by atoms with Crippen molar-refractivity contribution in [3.05, 3.63) is 30.0 Å². The van der Waals surface area contributed by atoms with Crippen molar-refractivity contribution >= 4 is 115 Å². The molecule has 1 aromatic rings. The van der Waals surface area contributed by atoms with Crippen LogP contribution in [0, 0.1) is 17.8 Å². The molecule has 24 heteroatoms. The molecule has 6 unspecified atom stereocenters. The van der Waals surface area contributed by atoms with Crippen LogP contribution in [0.2, 0.25) is 0 Å². The molecule has 20 nitrogen and oxygen atoms in total. The summed E-state index contributed by atoms with van der Waals surface area (Å²) in [4.78, 5) is 146. The molecule has 4 rings (SSSR count). The Morgan fingerprint density at radius 3 is 2.11 bits per heavy atom. The van der Waals surface area contributed by atoms with Crippen LogP contribution in [0.15, 0.2) is 29.3 Å². The number of allylic oxidation sites excluding steroid dienone is 2. The van der Waals surface area contributed by atoms with Crippen LogP contribution in [-0.4, -0.2) is 163 Å². The van der Waals surface area contributed by atoms with Crippen LogP contribution in [0.25, 0.3) is 0 Å². The molecule has 2 fully saturated rings. The largest absolute Gasteiger partial charge is 0.481 e. The molecule has 0 saturated carbocycles. The standard InChI is InChI=1S/C39H54N8O10S.C7H15NOS3.H2/c1-22(2)13-23-15-33(50)27(7-10-36(53)54)44-39(57)30-6-4-12-47(30)35(52)19-42-34(51)9-8-31(48)29(20-58)46-38(56)28(17-26-18-40-21-43-26)45-37(55)24(16-32(23)49)14-25-5-3-11-41-25;9-7(1-4-10)8(2-5-11)3-6-12;/h5,11,18,21-24,27-30,58H,3-4,6-10,12-17,19-20H2,1-2H3,(H,40,43)(H,42,51)(H,44,57)(H,45,55)(H,46,56)(H,53,54);10-12H,1-6H2;1H. The zero-order valence-electron chi connectivity index (χ0n) is 39.8. The van der Waals surface area contributed by atoms with Gasteiger partial charge in [-0.15, -0.1) is 0 Å². The summed E-state index contributed by atoms with van der Waals surface area (Å²) in [6.45, 7) is 4.87. The Kier molecular flexibility index (Phi) is 26.9. The van der Waals surface area contributed by atoms with Gasteiger partial charge in [-0.05, 0) is 37.4 Å². The molecule has 0 aromatic carbocycles. The molecule has 0 spiro atoms. The van der Waals surface area contributed by atoms with Crippen LogP contribution in [0.3, 0.4) is 0 Å². The number of amides is 6. The van der Waals surface area contributed by atoms with E-state index in [-0.39, 0.29) is 83.3 Å². The van der Waals surface area contributed by atoms with Crippen molar-refractivity contribution in [3.8, 4) is 0 Å². The zero-order valence-corrected chi connectivity index (χ0v) is 43.4. The molecule has 6 atom stereocenters. The number of hydrogen-bond acceptors (Lipinski definition) is 16. The number of rotatable bonds is 16. The van der Waals surface area contributed by atoms with E-state index in [2.05, 4.69) is 86.7 Å². The highest BCUT2D eigenvalue weighted by atomic mass is 32.1. The van der Waals surface area contributed by atoms with E-state index >= 15 is 0 Å². The van der Waals surface area contributed by atoms with Gasteiger partial charge in [-0.3, -0.25) is 52.9 Å². The molecule has 0 radical (unpaired) electrons. The van der Waals surface area contributed by atoms with Gasteiger partial charge in [-0.25, -0.2) is 4.98 Å². The van der Waals surface area contributed by atoms with Crippen LogP contribution < -0.4 is 21.3 Å². The van der Waals surface area contributed by atoms with Gasteiger partial charge in [0, 0.05) is 126 Å². The number of imidazole rings is 1. The van der Waals surface area contributed by atoms with Gasteiger partial charge >= 0.3 is 5.97 Å². The quantitative estimate of drug-likeness (QED) is 0.106. The summed E-state index contributed by atoms with van der Waals surface area (Å²) in [5.74, 6) is -5.89. The third-order valence-corrected chi connectivity index (χ3v) is 12.8. The van der Waals surface area contributed by atoms with E-state index in [1.54, 1.807) is 11.1 Å². The van der Waals surface area contributed by atoms with Gasteiger partial charge in [0.2, 0.25) is 35.4 Å². The summed E-state index contributed by atoms with van der Waals surface area (Å²) in [6, 6.07) is -4.66. The minimum absolute atomic E-state index is 0. The van der Waals surface area contributed by atoms with Crippen molar-refractivity contribution in [2.45, 2.75) is 121 Å². The number of aliphatic imine (C=N–C) groups is 1. The Bertz CT molecular complexity index is 2040. The number of hydrogen-bond donors (Lipinski definition) is 10. The molecule has 0 bridgehead atoms. The number of H-pyrrole nitrogens is 1. The zero-order chi connectivity index (χ0) is 51.8. The molecule has 0 aliphatic carbocycles. The average molecular weight is 1050 g/mol. The number of nitrogens with zero attached hydrogens (tertiary/aromatic N) is 4. The Balaban J connectivity index is 0.00000117. The lowest BCUT2D eigenvalue weighted by molar-refractivity contribution is -0.140. The second kappa shape index (κ2) is 31.6. The number of carboxylic acids is 1. The van der Waals surface area contributed by atoms with Crippen molar-refractivity contribution in [3.63, 3.8) is 0 Å². The predicted octanol–water partition coefficient (Wildman–Crippen LogP) is 1.86. The fourth-order valence-electron chi connectivity index (χ4n) is 8.18. The number of fused-ring (bicyclic) bond motifs is 1. The highest BCUT2D eigenvalue weighted by Gasteiger charge is 2.38. The first-order valence-electron chi connectivity index (χ1n) is 23.6. The van der Waals surface area contributed by atoms with Crippen LogP contribution in [0.1, 0.15) is 98.0 Å². The summed E-state index contributed by atoms with van der Waals surface area (Å²) < 4.78 is 0. The average Bonchev–Trinajstić information content (AvgIpc) is 4.14. The lowest BCUT2D eigenvalue weighted by Crippen LogP contribution is -2.54. The van der Waals surface area contributed by atoms with Crippen LogP contribution in [0.4, 0.5) is 0 Å².